The highest BCUT2D eigenvalue weighted by Gasteiger charge is 2.16. The maximum atomic E-state index is 14.2. The Morgan fingerprint density at radius 2 is 2.04 bits per heavy atom. The molecule has 0 aliphatic rings. The summed E-state index contributed by atoms with van der Waals surface area (Å²) in [6.45, 7) is 4.14. The van der Waals surface area contributed by atoms with Crippen molar-refractivity contribution in [3.63, 3.8) is 0 Å². The zero-order valence-corrected chi connectivity index (χ0v) is 15.8. The smallest absolute Gasteiger partial charge is 0.272 e. The van der Waals surface area contributed by atoms with Gasteiger partial charge in [-0.1, -0.05) is 0 Å². The second-order valence-corrected chi connectivity index (χ2v) is 7.46. The number of nitro benzene ring substituents is 1. The van der Waals surface area contributed by atoms with Gasteiger partial charge in [-0.25, -0.2) is 9.37 Å². The quantitative estimate of drug-likeness (QED) is 0.324. The van der Waals surface area contributed by atoms with Crippen LogP contribution in [0.3, 0.4) is 0 Å². The molecule has 0 bridgehead atoms. The number of rotatable bonds is 5. The highest BCUT2D eigenvalue weighted by atomic mass is 32.1. The van der Waals surface area contributed by atoms with Crippen molar-refractivity contribution in [3.05, 3.63) is 65.0 Å². The SMILES string of the molecule is CC(C)n1cnc(-c2cc3nccc(Oc4ccc([N+](=O)[O-])cc4F)c3s2)c1. The van der Waals surface area contributed by atoms with Gasteiger partial charge in [0.1, 0.15) is 5.75 Å². The number of hydrogen-bond acceptors (Lipinski definition) is 6. The summed E-state index contributed by atoms with van der Waals surface area (Å²) in [6.07, 6.45) is 5.32. The molecule has 3 aromatic heterocycles. The Morgan fingerprint density at radius 3 is 2.71 bits per heavy atom. The van der Waals surface area contributed by atoms with Crippen LogP contribution in [0.1, 0.15) is 19.9 Å². The topological polar surface area (TPSA) is 83.1 Å². The molecule has 28 heavy (non-hydrogen) atoms. The minimum absolute atomic E-state index is 0.0860. The number of ether oxygens (including phenoxy) is 1. The van der Waals surface area contributed by atoms with Crippen LogP contribution >= 0.6 is 11.3 Å². The van der Waals surface area contributed by atoms with Crippen LogP contribution in [0.15, 0.2) is 49.1 Å². The van der Waals surface area contributed by atoms with Gasteiger partial charge in [0.2, 0.25) is 0 Å². The van der Waals surface area contributed by atoms with Crippen LogP contribution < -0.4 is 4.74 Å². The number of nitrogens with zero attached hydrogens (tertiary/aromatic N) is 4. The van der Waals surface area contributed by atoms with Gasteiger partial charge < -0.3 is 9.30 Å². The summed E-state index contributed by atoms with van der Waals surface area (Å²) in [6, 6.07) is 7.14. The molecule has 142 valence electrons. The predicted molar refractivity (Wildman–Crippen MR) is 104 cm³/mol. The largest absolute Gasteiger partial charge is 0.453 e. The number of halogens is 1. The highest BCUT2D eigenvalue weighted by Crippen LogP contribution is 2.39. The maximum absolute atomic E-state index is 14.2. The van der Waals surface area contributed by atoms with E-state index in [9.17, 15) is 14.5 Å². The van der Waals surface area contributed by atoms with Crippen LogP contribution in [0.4, 0.5) is 10.1 Å². The van der Waals surface area contributed by atoms with E-state index < -0.39 is 10.7 Å². The summed E-state index contributed by atoms with van der Waals surface area (Å²) < 4.78 is 22.6. The van der Waals surface area contributed by atoms with E-state index in [0.717, 1.165) is 21.3 Å². The molecule has 0 aliphatic carbocycles. The molecule has 0 fully saturated rings. The number of fused-ring (bicyclic) bond motifs is 1. The van der Waals surface area contributed by atoms with Crippen LogP contribution in [0.5, 0.6) is 11.5 Å². The van der Waals surface area contributed by atoms with Gasteiger partial charge in [0.05, 0.1) is 38.1 Å². The van der Waals surface area contributed by atoms with Gasteiger partial charge in [-0.05, 0) is 26.0 Å². The molecule has 0 aliphatic heterocycles. The molecule has 4 rings (SSSR count). The van der Waals surface area contributed by atoms with E-state index in [-0.39, 0.29) is 11.4 Å². The third-order valence-electron chi connectivity index (χ3n) is 4.17. The van der Waals surface area contributed by atoms with Crippen molar-refractivity contribution in [1.29, 1.82) is 0 Å². The third kappa shape index (κ3) is 3.31. The molecule has 0 saturated heterocycles. The van der Waals surface area contributed by atoms with Gasteiger partial charge in [-0.2, -0.15) is 0 Å². The second-order valence-electron chi connectivity index (χ2n) is 6.41. The number of imidazole rings is 1. The summed E-state index contributed by atoms with van der Waals surface area (Å²) in [7, 11) is 0. The zero-order valence-electron chi connectivity index (χ0n) is 15.0. The lowest BCUT2D eigenvalue weighted by molar-refractivity contribution is -0.385. The average Bonchev–Trinajstić information content (AvgIpc) is 3.30. The van der Waals surface area contributed by atoms with Gasteiger partial charge >= 0.3 is 0 Å². The standard InChI is InChI=1S/C19H15FN4O3S/c1-11(2)23-9-15(22-10-23)18-8-14-19(28-18)17(5-6-21-14)27-16-4-3-12(24(25)26)7-13(16)20/h3-11H,1-2H3. The van der Waals surface area contributed by atoms with Gasteiger partial charge in [-0.3, -0.25) is 15.1 Å². The van der Waals surface area contributed by atoms with Crippen molar-refractivity contribution < 1.29 is 14.1 Å². The van der Waals surface area contributed by atoms with Gasteiger partial charge in [0, 0.05) is 30.6 Å². The van der Waals surface area contributed by atoms with Crippen molar-refractivity contribution in [2.75, 3.05) is 0 Å². The first-order chi connectivity index (χ1) is 13.4. The average molecular weight is 398 g/mol. The molecule has 9 heteroatoms. The number of non-ortho nitro benzene ring substituents is 1. The fourth-order valence-electron chi connectivity index (χ4n) is 2.67. The van der Waals surface area contributed by atoms with Crippen molar-refractivity contribution in [1.82, 2.24) is 14.5 Å². The van der Waals surface area contributed by atoms with Gasteiger partial charge in [-0.15, -0.1) is 11.3 Å². The van der Waals surface area contributed by atoms with E-state index >= 15 is 0 Å². The molecular formula is C19H15FN4O3S. The Labute approximate surface area is 163 Å². The van der Waals surface area contributed by atoms with Gasteiger partial charge in [0.25, 0.3) is 5.69 Å². The first kappa shape index (κ1) is 18.1. The minimum Gasteiger partial charge on any atom is -0.453 e. The molecule has 0 radical (unpaired) electrons. The summed E-state index contributed by atoms with van der Waals surface area (Å²) in [5, 5.41) is 10.8. The number of thiophene rings is 1. The van der Waals surface area contributed by atoms with E-state index in [1.54, 1.807) is 18.6 Å². The minimum atomic E-state index is -0.799. The summed E-state index contributed by atoms with van der Waals surface area (Å²) in [5.74, 6) is -0.457. The Kier molecular flexibility index (Phi) is 4.52. The monoisotopic (exact) mass is 398 g/mol. The Hall–Kier alpha value is -3.33. The fraction of sp³-hybridized carbons (Fsp3) is 0.158. The molecule has 7 nitrogen and oxygen atoms in total. The number of benzene rings is 1. The summed E-state index contributed by atoms with van der Waals surface area (Å²) >= 11 is 1.44. The fourth-order valence-corrected chi connectivity index (χ4v) is 3.70. The van der Waals surface area contributed by atoms with E-state index in [4.69, 9.17) is 4.74 Å². The predicted octanol–water partition coefficient (Wildman–Crippen LogP) is 5.58. The lowest BCUT2D eigenvalue weighted by Gasteiger charge is -2.07. The first-order valence-electron chi connectivity index (χ1n) is 8.46. The maximum Gasteiger partial charge on any atom is 0.272 e. The van der Waals surface area contributed by atoms with Crippen LogP contribution in [0.2, 0.25) is 0 Å². The van der Waals surface area contributed by atoms with Crippen molar-refractivity contribution >= 4 is 27.2 Å². The third-order valence-corrected chi connectivity index (χ3v) is 5.33. The number of nitro groups is 1. The first-order valence-corrected chi connectivity index (χ1v) is 9.28. The lowest BCUT2D eigenvalue weighted by Crippen LogP contribution is -1.95. The summed E-state index contributed by atoms with van der Waals surface area (Å²) in [5.41, 5.74) is 1.20. The highest BCUT2D eigenvalue weighted by molar-refractivity contribution is 7.22. The van der Waals surface area contributed by atoms with E-state index in [1.165, 1.54) is 23.5 Å². The van der Waals surface area contributed by atoms with Crippen LogP contribution in [0.25, 0.3) is 20.8 Å². The van der Waals surface area contributed by atoms with E-state index in [0.29, 0.717) is 17.3 Å². The molecule has 1 aromatic carbocycles. The van der Waals surface area contributed by atoms with E-state index in [1.807, 2.05) is 16.8 Å². The van der Waals surface area contributed by atoms with Crippen molar-refractivity contribution in [2.24, 2.45) is 0 Å². The number of hydrogen-bond donors (Lipinski definition) is 0. The molecule has 0 saturated carbocycles. The number of pyridine rings is 1. The molecule has 3 heterocycles. The van der Waals surface area contributed by atoms with Crippen LogP contribution in [0, 0.1) is 15.9 Å². The molecule has 0 atom stereocenters. The van der Waals surface area contributed by atoms with Crippen molar-refractivity contribution in [2.45, 2.75) is 19.9 Å². The lowest BCUT2D eigenvalue weighted by atomic mass is 10.3. The normalized spacial score (nSPS) is 11.3. The van der Waals surface area contributed by atoms with Gasteiger partial charge in [0.15, 0.2) is 11.6 Å². The Bertz CT molecular complexity index is 1190. The second kappa shape index (κ2) is 7.01. The number of aromatic nitrogens is 3. The molecule has 4 aromatic rings. The molecular weight excluding hydrogens is 383 g/mol. The molecule has 0 unspecified atom stereocenters. The summed E-state index contributed by atoms with van der Waals surface area (Å²) in [4.78, 5) is 19.8. The Morgan fingerprint density at radius 1 is 1.21 bits per heavy atom. The van der Waals surface area contributed by atoms with Crippen LogP contribution in [-0.2, 0) is 0 Å². The Balaban J connectivity index is 1.70. The molecule has 0 amide bonds. The molecule has 0 spiro atoms. The zero-order chi connectivity index (χ0) is 19.8. The molecule has 0 N–H and O–H groups in total. The van der Waals surface area contributed by atoms with Crippen LogP contribution in [-0.4, -0.2) is 19.5 Å². The van der Waals surface area contributed by atoms with E-state index in [2.05, 4.69) is 23.8 Å². The van der Waals surface area contributed by atoms with Crippen molar-refractivity contribution in [3.8, 4) is 22.1 Å².